The molecule has 7 nitrogen and oxygen atoms in total. The quantitative estimate of drug-likeness (QED) is 0.343. The molecule has 0 atom stereocenters. The molecule has 8 heteroatoms. The van der Waals surface area contributed by atoms with E-state index in [1.807, 2.05) is 49.4 Å². The number of ether oxygens (including phenoxy) is 2. The smallest absolute Gasteiger partial charge is 0.296 e. The Morgan fingerprint density at radius 2 is 1.85 bits per heavy atom. The first-order chi connectivity index (χ1) is 16.5. The predicted octanol–water partition coefficient (Wildman–Crippen LogP) is 3.54. The first-order valence-corrected chi connectivity index (χ1v) is 12.1. The first-order valence-electron chi connectivity index (χ1n) is 11.3. The number of rotatable bonds is 9. The number of hydrogen-bond donors (Lipinski definition) is 0. The van der Waals surface area contributed by atoms with Gasteiger partial charge in [-0.05, 0) is 42.7 Å². The van der Waals surface area contributed by atoms with Crippen molar-refractivity contribution in [3.05, 3.63) is 90.1 Å². The molecule has 0 unspecified atom stereocenters. The van der Waals surface area contributed by atoms with Crippen LogP contribution in [0, 0.1) is 6.92 Å². The number of methoxy groups -OCH3 is 1. The Hall–Kier alpha value is -3.52. The van der Waals surface area contributed by atoms with E-state index >= 15 is 0 Å². The van der Waals surface area contributed by atoms with Crippen LogP contribution < -0.4 is 25.1 Å². The third kappa shape index (κ3) is 5.34. The summed E-state index contributed by atoms with van der Waals surface area (Å²) >= 11 is 1.14. The highest BCUT2D eigenvalue weighted by Gasteiger charge is 2.12. The average Bonchev–Trinajstić information content (AvgIpc) is 3.13. The molecular formula is C26H27N3O4S. The highest BCUT2D eigenvalue weighted by molar-refractivity contribution is 7.15. The van der Waals surface area contributed by atoms with Gasteiger partial charge in [0.15, 0.2) is 11.5 Å². The molecule has 2 heterocycles. The molecule has 4 rings (SSSR count). The van der Waals surface area contributed by atoms with Crippen molar-refractivity contribution >= 4 is 22.4 Å². The predicted molar refractivity (Wildman–Crippen MR) is 134 cm³/mol. The molecule has 0 aliphatic heterocycles. The summed E-state index contributed by atoms with van der Waals surface area (Å²) in [5, 5.41) is 4.33. The molecule has 4 aromatic rings. The minimum absolute atomic E-state index is 0.244. The van der Waals surface area contributed by atoms with Crippen LogP contribution in [0.2, 0.25) is 0 Å². The highest BCUT2D eigenvalue weighted by atomic mass is 32.1. The monoisotopic (exact) mass is 477 g/mol. The van der Waals surface area contributed by atoms with Crippen LogP contribution in [-0.2, 0) is 6.42 Å². The molecule has 176 valence electrons. The Morgan fingerprint density at radius 1 is 1.06 bits per heavy atom. The van der Waals surface area contributed by atoms with Crippen LogP contribution in [-0.4, -0.2) is 28.3 Å². The Labute approximate surface area is 201 Å². The molecule has 0 amide bonds. The van der Waals surface area contributed by atoms with E-state index in [-0.39, 0.29) is 16.2 Å². The summed E-state index contributed by atoms with van der Waals surface area (Å²) in [6, 6.07) is 13.4. The van der Waals surface area contributed by atoms with Crippen LogP contribution in [0.15, 0.2) is 52.1 Å². The van der Waals surface area contributed by atoms with Crippen molar-refractivity contribution in [2.45, 2.75) is 39.5 Å². The fourth-order valence-electron chi connectivity index (χ4n) is 3.53. The highest BCUT2D eigenvalue weighted by Crippen LogP contribution is 2.28. The molecular weight excluding hydrogens is 450 g/mol. The summed E-state index contributed by atoms with van der Waals surface area (Å²) in [4.78, 5) is 29.9. The maximum Gasteiger partial charge on any atom is 0.296 e. The lowest BCUT2D eigenvalue weighted by Gasteiger charge is -2.11. The number of unbranched alkanes of at least 4 members (excludes halogenated alkanes) is 2. The van der Waals surface area contributed by atoms with Crippen molar-refractivity contribution in [2.75, 3.05) is 13.7 Å². The summed E-state index contributed by atoms with van der Waals surface area (Å²) in [6.45, 7) is 4.78. The van der Waals surface area contributed by atoms with Gasteiger partial charge in [-0.25, -0.2) is 0 Å². The number of fused-ring (bicyclic) bond motifs is 1. The Bertz CT molecular complexity index is 1460. The summed E-state index contributed by atoms with van der Waals surface area (Å²) in [6.07, 6.45) is 5.30. The summed E-state index contributed by atoms with van der Waals surface area (Å²) in [5.74, 6) is 1.27. The van der Waals surface area contributed by atoms with Crippen LogP contribution in [0.3, 0.4) is 0 Å². The number of benzene rings is 2. The summed E-state index contributed by atoms with van der Waals surface area (Å²) in [7, 11) is 1.59. The van der Waals surface area contributed by atoms with Crippen molar-refractivity contribution in [1.82, 2.24) is 14.6 Å². The van der Waals surface area contributed by atoms with Gasteiger partial charge in [-0.15, -0.1) is 0 Å². The van der Waals surface area contributed by atoms with Crippen molar-refractivity contribution in [1.29, 1.82) is 0 Å². The van der Waals surface area contributed by atoms with Crippen molar-refractivity contribution < 1.29 is 9.47 Å². The molecule has 0 bridgehead atoms. The average molecular weight is 478 g/mol. The number of thiazole rings is 1. The summed E-state index contributed by atoms with van der Waals surface area (Å²) in [5.41, 5.74) is 2.37. The number of nitrogens with zero attached hydrogens (tertiary/aromatic N) is 3. The second-order valence-electron chi connectivity index (χ2n) is 8.10. The zero-order valence-electron chi connectivity index (χ0n) is 19.5. The first kappa shape index (κ1) is 23.6. The third-order valence-corrected chi connectivity index (χ3v) is 6.39. The normalized spacial score (nSPS) is 11.8. The second kappa shape index (κ2) is 10.6. The molecule has 0 fully saturated rings. The van der Waals surface area contributed by atoms with Gasteiger partial charge in [-0.2, -0.15) is 14.6 Å². The van der Waals surface area contributed by atoms with E-state index < -0.39 is 5.56 Å². The van der Waals surface area contributed by atoms with Gasteiger partial charge in [0.05, 0.1) is 18.2 Å². The number of aryl methyl sites for hydroxylation is 1. The lowest BCUT2D eigenvalue weighted by molar-refractivity contribution is 0.286. The van der Waals surface area contributed by atoms with E-state index in [0.29, 0.717) is 29.1 Å². The van der Waals surface area contributed by atoms with Gasteiger partial charge in [0, 0.05) is 6.42 Å². The van der Waals surface area contributed by atoms with E-state index in [4.69, 9.17) is 9.47 Å². The van der Waals surface area contributed by atoms with E-state index in [9.17, 15) is 9.59 Å². The summed E-state index contributed by atoms with van der Waals surface area (Å²) < 4.78 is 13.0. The molecule has 0 saturated heterocycles. The van der Waals surface area contributed by atoms with Crippen molar-refractivity contribution in [3.63, 3.8) is 0 Å². The molecule has 0 aliphatic carbocycles. The van der Waals surface area contributed by atoms with Crippen molar-refractivity contribution in [3.8, 4) is 11.5 Å². The van der Waals surface area contributed by atoms with Gasteiger partial charge < -0.3 is 9.47 Å². The van der Waals surface area contributed by atoms with Gasteiger partial charge >= 0.3 is 0 Å². The van der Waals surface area contributed by atoms with Crippen LogP contribution in [0.5, 0.6) is 11.5 Å². The van der Waals surface area contributed by atoms with Crippen LogP contribution in [0.4, 0.5) is 0 Å². The lowest BCUT2D eigenvalue weighted by Crippen LogP contribution is -2.28. The molecule has 0 spiro atoms. The standard InChI is InChI=1S/C26H27N3O4S/c1-4-5-6-13-33-21-12-11-19(15-22(21)32-3)16-23-25(31)29-26(34-23)27-24(30)20(28-29)14-18-9-7-17(2)8-10-18/h7-12,15-16H,4-6,13-14H2,1-3H3/b23-16+. The molecule has 2 aromatic carbocycles. The molecule has 0 saturated carbocycles. The lowest BCUT2D eigenvalue weighted by atomic mass is 10.1. The Kier molecular flexibility index (Phi) is 7.37. The van der Waals surface area contributed by atoms with Gasteiger partial charge in [-0.3, -0.25) is 9.59 Å². The van der Waals surface area contributed by atoms with Gasteiger partial charge in [0.2, 0.25) is 4.96 Å². The van der Waals surface area contributed by atoms with Crippen LogP contribution in [0.25, 0.3) is 11.0 Å². The maximum atomic E-state index is 13.0. The van der Waals surface area contributed by atoms with E-state index in [0.717, 1.165) is 47.3 Å². The fraction of sp³-hybridized carbons (Fsp3) is 0.308. The van der Waals surface area contributed by atoms with Gasteiger partial charge in [0.1, 0.15) is 5.69 Å². The Morgan fingerprint density at radius 3 is 2.59 bits per heavy atom. The topological polar surface area (TPSA) is 82.8 Å². The third-order valence-electron chi connectivity index (χ3n) is 5.43. The SMILES string of the molecule is CCCCCOc1ccc(/C=c2/sc3nc(=O)c(Cc4ccc(C)cc4)nn3c2=O)cc1OC. The largest absolute Gasteiger partial charge is 0.493 e. The fourth-order valence-corrected chi connectivity index (χ4v) is 4.43. The van der Waals surface area contributed by atoms with Crippen molar-refractivity contribution in [2.24, 2.45) is 0 Å². The second-order valence-corrected chi connectivity index (χ2v) is 9.11. The molecule has 34 heavy (non-hydrogen) atoms. The van der Waals surface area contributed by atoms with E-state index in [1.54, 1.807) is 13.2 Å². The van der Waals surface area contributed by atoms with Crippen LogP contribution >= 0.6 is 11.3 Å². The van der Waals surface area contributed by atoms with Gasteiger partial charge in [-0.1, -0.05) is 67.0 Å². The number of hydrogen-bond acceptors (Lipinski definition) is 7. The zero-order valence-corrected chi connectivity index (χ0v) is 20.4. The number of aromatic nitrogens is 3. The van der Waals surface area contributed by atoms with E-state index in [1.165, 1.54) is 4.52 Å². The molecule has 0 aliphatic rings. The Balaban J connectivity index is 1.64. The maximum absolute atomic E-state index is 13.0. The molecule has 0 N–H and O–H groups in total. The molecule has 2 aromatic heterocycles. The minimum atomic E-state index is -0.417. The van der Waals surface area contributed by atoms with Gasteiger partial charge in [0.25, 0.3) is 11.1 Å². The minimum Gasteiger partial charge on any atom is -0.493 e. The van der Waals surface area contributed by atoms with Crippen LogP contribution in [0.1, 0.15) is 48.6 Å². The molecule has 0 radical (unpaired) electrons. The van der Waals surface area contributed by atoms with E-state index in [2.05, 4.69) is 17.0 Å². The zero-order chi connectivity index (χ0) is 24.1.